The summed E-state index contributed by atoms with van der Waals surface area (Å²) in [6.45, 7) is 6.24. The minimum absolute atomic E-state index is 0.158. The molecule has 0 aliphatic heterocycles. The van der Waals surface area contributed by atoms with Crippen molar-refractivity contribution in [2.45, 2.75) is 33.7 Å². The molecule has 0 saturated heterocycles. The second-order valence-corrected chi connectivity index (χ2v) is 8.91. The van der Waals surface area contributed by atoms with Crippen molar-refractivity contribution in [1.29, 1.82) is 5.26 Å². The van der Waals surface area contributed by atoms with Gasteiger partial charge in [0.15, 0.2) is 0 Å². The first-order chi connectivity index (χ1) is 17.9. The van der Waals surface area contributed by atoms with E-state index in [9.17, 15) is 4.79 Å². The van der Waals surface area contributed by atoms with Crippen molar-refractivity contribution in [2.24, 2.45) is 0 Å². The smallest absolute Gasteiger partial charge is 0.226 e. The van der Waals surface area contributed by atoms with Crippen molar-refractivity contribution in [1.82, 2.24) is 24.7 Å². The number of amides is 1. The number of pyridine rings is 1. The minimum atomic E-state index is -0.158. The average Bonchev–Trinajstić information content (AvgIpc) is 3.32. The fourth-order valence-corrected chi connectivity index (χ4v) is 4.12. The Morgan fingerprint density at radius 2 is 1.73 bits per heavy atom. The number of rotatable bonds is 6. The van der Waals surface area contributed by atoms with E-state index >= 15 is 0 Å². The van der Waals surface area contributed by atoms with E-state index in [2.05, 4.69) is 21.4 Å². The van der Waals surface area contributed by atoms with Gasteiger partial charge in [0.2, 0.25) is 5.91 Å². The summed E-state index contributed by atoms with van der Waals surface area (Å²) in [5.41, 5.74) is 8.80. The van der Waals surface area contributed by atoms with Crippen LogP contribution < -0.4 is 5.32 Å². The molecule has 0 unspecified atom stereocenters. The number of nitrogens with one attached hydrogen (secondary N) is 1. The Balaban J connectivity index is 1.45. The van der Waals surface area contributed by atoms with Gasteiger partial charge in [-0.2, -0.15) is 10.4 Å². The highest BCUT2D eigenvalue weighted by molar-refractivity contribution is 5.91. The quantitative estimate of drug-likeness (QED) is 0.344. The fraction of sp³-hybridized carbons (Fsp3) is 0.172. The molecule has 0 fully saturated rings. The maximum absolute atomic E-state index is 12.6. The number of anilines is 1. The van der Waals surface area contributed by atoms with Crippen LogP contribution in [-0.4, -0.2) is 30.6 Å². The Labute approximate surface area is 214 Å². The lowest BCUT2D eigenvalue weighted by Crippen LogP contribution is -2.14. The molecule has 0 bridgehead atoms. The van der Waals surface area contributed by atoms with Crippen LogP contribution in [0.1, 0.15) is 29.1 Å². The predicted octanol–water partition coefficient (Wildman–Crippen LogP) is 5.38. The van der Waals surface area contributed by atoms with Gasteiger partial charge in [-0.15, -0.1) is 0 Å². The van der Waals surface area contributed by atoms with E-state index in [-0.39, 0.29) is 12.3 Å². The molecule has 8 heteroatoms. The molecule has 0 spiro atoms. The van der Waals surface area contributed by atoms with Gasteiger partial charge in [0, 0.05) is 36.1 Å². The van der Waals surface area contributed by atoms with Crippen LogP contribution in [0.5, 0.6) is 0 Å². The zero-order valence-corrected chi connectivity index (χ0v) is 20.9. The van der Waals surface area contributed by atoms with Gasteiger partial charge < -0.3 is 5.32 Å². The van der Waals surface area contributed by atoms with Gasteiger partial charge in [-0.3, -0.25) is 14.5 Å². The highest BCUT2D eigenvalue weighted by Gasteiger charge is 2.16. The standard InChI is InChI=1S/C29H25N7O/c1-18-6-4-9-26(31-18)29-24(22-10-11-25-27(15-22)33-20(3)19(2)32-25)17-36(35-29)13-12-28(37)34-23-8-5-7-21(14-23)16-30/h4-11,14-15,17H,12-13H2,1-3H3,(H,34,37). The summed E-state index contributed by atoms with van der Waals surface area (Å²) in [6, 6.07) is 20.8. The van der Waals surface area contributed by atoms with Crippen LogP contribution in [0.25, 0.3) is 33.5 Å². The van der Waals surface area contributed by atoms with Gasteiger partial charge in [-0.05, 0) is 68.8 Å². The molecule has 1 amide bonds. The molecule has 1 N–H and O–H groups in total. The number of benzene rings is 2. The van der Waals surface area contributed by atoms with Crippen LogP contribution >= 0.6 is 0 Å². The topological polar surface area (TPSA) is 109 Å². The Hall–Kier alpha value is -4.90. The highest BCUT2D eigenvalue weighted by atomic mass is 16.1. The number of nitrogens with zero attached hydrogens (tertiary/aromatic N) is 6. The number of carbonyl (C=O) groups excluding carboxylic acids is 1. The summed E-state index contributed by atoms with van der Waals surface area (Å²) < 4.78 is 1.77. The first kappa shape index (κ1) is 23.8. The molecular weight excluding hydrogens is 462 g/mol. The number of hydrogen-bond donors (Lipinski definition) is 1. The van der Waals surface area contributed by atoms with E-state index in [1.54, 1.807) is 28.9 Å². The largest absolute Gasteiger partial charge is 0.326 e. The molecule has 0 aliphatic carbocycles. The molecule has 3 heterocycles. The SMILES string of the molecule is Cc1cccc(-c2nn(CCC(=O)Nc3cccc(C#N)c3)cc2-c2ccc3nc(C)c(C)nc3c2)n1. The number of nitriles is 1. The zero-order chi connectivity index (χ0) is 25.9. The molecular formula is C29H25N7O. The monoisotopic (exact) mass is 487 g/mol. The van der Waals surface area contributed by atoms with Crippen molar-refractivity contribution in [3.63, 3.8) is 0 Å². The fourth-order valence-electron chi connectivity index (χ4n) is 4.12. The number of hydrogen-bond acceptors (Lipinski definition) is 6. The average molecular weight is 488 g/mol. The molecule has 0 atom stereocenters. The van der Waals surface area contributed by atoms with E-state index in [0.29, 0.717) is 17.8 Å². The first-order valence-electron chi connectivity index (χ1n) is 12.0. The summed E-state index contributed by atoms with van der Waals surface area (Å²) in [7, 11) is 0. The Bertz CT molecular complexity index is 1680. The Morgan fingerprint density at radius 3 is 2.51 bits per heavy atom. The van der Waals surface area contributed by atoms with E-state index < -0.39 is 0 Å². The molecule has 5 rings (SSSR count). The van der Waals surface area contributed by atoms with Crippen LogP contribution in [0.2, 0.25) is 0 Å². The number of fused-ring (bicyclic) bond motifs is 1. The van der Waals surface area contributed by atoms with Crippen molar-refractivity contribution in [2.75, 3.05) is 5.32 Å². The number of aryl methyl sites for hydroxylation is 4. The van der Waals surface area contributed by atoms with Gasteiger partial charge in [0.25, 0.3) is 0 Å². The first-order valence-corrected chi connectivity index (χ1v) is 12.0. The van der Waals surface area contributed by atoms with Crippen LogP contribution in [0.3, 0.4) is 0 Å². The maximum Gasteiger partial charge on any atom is 0.226 e. The van der Waals surface area contributed by atoms with Crippen LogP contribution in [0.4, 0.5) is 5.69 Å². The predicted molar refractivity (Wildman–Crippen MR) is 143 cm³/mol. The molecule has 3 aromatic heterocycles. The second-order valence-electron chi connectivity index (χ2n) is 8.91. The molecule has 37 heavy (non-hydrogen) atoms. The highest BCUT2D eigenvalue weighted by Crippen LogP contribution is 2.32. The summed E-state index contributed by atoms with van der Waals surface area (Å²) in [6.07, 6.45) is 2.17. The lowest BCUT2D eigenvalue weighted by Gasteiger charge is -2.06. The normalized spacial score (nSPS) is 10.9. The molecule has 5 aromatic rings. The third-order valence-electron chi connectivity index (χ3n) is 6.12. The minimum Gasteiger partial charge on any atom is -0.326 e. The number of carbonyl (C=O) groups is 1. The molecule has 0 saturated carbocycles. The lowest BCUT2D eigenvalue weighted by atomic mass is 10.0. The second kappa shape index (κ2) is 9.99. The summed E-state index contributed by atoms with van der Waals surface area (Å²) in [5, 5.41) is 16.7. The van der Waals surface area contributed by atoms with Gasteiger partial charge in [-0.25, -0.2) is 9.97 Å². The van der Waals surface area contributed by atoms with E-state index in [4.69, 9.17) is 15.3 Å². The van der Waals surface area contributed by atoms with Gasteiger partial charge >= 0.3 is 0 Å². The Morgan fingerprint density at radius 1 is 0.946 bits per heavy atom. The summed E-state index contributed by atoms with van der Waals surface area (Å²) in [4.78, 5) is 26.7. The molecule has 0 aliphatic rings. The molecule has 2 aromatic carbocycles. The van der Waals surface area contributed by atoms with Crippen LogP contribution in [0.15, 0.2) is 66.9 Å². The molecule has 8 nitrogen and oxygen atoms in total. The third-order valence-corrected chi connectivity index (χ3v) is 6.12. The van der Waals surface area contributed by atoms with Crippen molar-refractivity contribution < 1.29 is 4.79 Å². The van der Waals surface area contributed by atoms with Gasteiger partial charge in [0.05, 0.1) is 39.7 Å². The lowest BCUT2D eigenvalue weighted by molar-refractivity contribution is -0.116. The summed E-state index contributed by atoms with van der Waals surface area (Å²) >= 11 is 0. The van der Waals surface area contributed by atoms with Crippen LogP contribution in [-0.2, 0) is 11.3 Å². The molecule has 0 radical (unpaired) electrons. The van der Waals surface area contributed by atoms with Crippen molar-refractivity contribution in [3.05, 3.63) is 89.5 Å². The van der Waals surface area contributed by atoms with Gasteiger partial charge in [0.1, 0.15) is 5.69 Å². The van der Waals surface area contributed by atoms with Crippen molar-refractivity contribution >= 4 is 22.6 Å². The van der Waals surface area contributed by atoms with E-state index in [1.165, 1.54) is 0 Å². The summed E-state index contributed by atoms with van der Waals surface area (Å²) in [5.74, 6) is -0.158. The van der Waals surface area contributed by atoms with Crippen molar-refractivity contribution in [3.8, 4) is 28.6 Å². The maximum atomic E-state index is 12.6. The molecule has 182 valence electrons. The Kier molecular flexibility index (Phi) is 6.43. The third kappa shape index (κ3) is 5.21. The van der Waals surface area contributed by atoms with E-state index in [0.717, 1.165) is 50.6 Å². The van der Waals surface area contributed by atoms with Crippen LogP contribution in [0, 0.1) is 32.1 Å². The van der Waals surface area contributed by atoms with E-state index in [1.807, 2.05) is 63.4 Å². The van der Waals surface area contributed by atoms with Gasteiger partial charge in [-0.1, -0.05) is 18.2 Å². The number of aromatic nitrogens is 5. The zero-order valence-electron chi connectivity index (χ0n) is 20.9.